The van der Waals surface area contributed by atoms with Crippen molar-refractivity contribution in [1.29, 1.82) is 0 Å². The van der Waals surface area contributed by atoms with Crippen LogP contribution >= 0.6 is 0 Å². The fraction of sp³-hybridized carbons (Fsp3) is 0.579. The van der Waals surface area contributed by atoms with Gasteiger partial charge in [0, 0.05) is 31.9 Å². The van der Waals surface area contributed by atoms with Crippen LogP contribution in [0.2, 0.25) is 0 Å². The van der Waals surface area contributed by atoms with E-state index in [1.807, 2.05) is 4.90 Å². The molecule has 1 heterocycles. The van der Waals surface area contributed by atoms with Crippen molar-refractivity contribution in [2.45, 2.75) is 38.1 Å². The summed E-state index contributed by atoms with van der Waals surface area (Å²) in [6.07, 6.45) is 4.99. The molecule has 0 bridgehead atoms. The number of piperidine rings is 1. The van der Waals surface area contributed by atoms with Crippen LogP contribution in [0.1, 0.15) is 52.8 Å². The molecule has 2 rings (SSSR count). The van der Waals surface area contributed by atoms with Crippen LogP contribution in [0, 0.1) is 0 Å². The molecule has 0 aromatic heterocycles. The van der Waals surface area contributed by atoms with Crippen molar-refractivity contribution >= 4 is 11.9 Å². The second-order valence-corrected chi connectivity index (χ2v) is 6.22. The maximum atomic E-state index is 13.1. The SMILES string of the molecule is COCCC[C@@H]1CCCCN1C(=O)c1cc(OC)cc(C(=O)OC)c1. The highest BCUT2D eigenvalue weighted by atomic mass is 16.5. The zero-order valence-electron chi connectivity index (χ0n) is 15.2. The normalized spacial score (nSPS) is 17.2. The second kappa shape index (κ2) is 9.42. The predicted molar refractivity (Wildman–Crippen MR) is 94.1 cm³/mol. The number of esters is 1. The molecule has 25 heavy (non-hydrogen) atoms. The summed E-state index contributed by atoms with van der Waals surface area (Å²) in [5.41, 5.74) is 0.775. The Morgan fingerprint density at radius 3 is 2.56 bits per heavy atom. The Balaban J connectivity index is 2.23. The third-order valence-electron chi connectivity index (χ3n) is 4.58. The Bertz CT molecular complexity index is 601. The minimum Gasteiger partial charge on any atom is -0.497 e. The van der Waals surface area contributed by atoms with E-state index in [0.29, 0.717) is 23.5 Å². The molecule has 6 heteroatoms. The van der Waals surface area contributed by atoms with E-state index < -0.39 is 5.97 Å². The van der Waals surface area contributed by atoms with Crippen LogP contribution in [0.5, 0.6) is 5.75 Å². The lowest BCUT2D eigenvalue weighted by atomic mass is 9.96. The Labute approximate surface area is 149 Å². The van der Waals surface area contributed by atoms with Crippen molar-refractivity contribution in [3.63, 3.8) is 0 Å². The number of amides is 1. The van der Waals surface area contributed by atoms with Gasteiger partial charge in [0.15, 0.2) is 0 Å². The van der Waals surface area contributed by atoms with Crippen molar-refractivity contribution in [3.05, 3.63) is 29.3 Å². The number of carbonyl (C=O) groups excluding carboxylic acids is 2. The van der Waals surface area contributed by atoms with Crippen molar-refractivity contribution < 1.29 is 23.8 Å². The molecular weight excluding hydrogens is 322 g/mol. The van der Waals surface area contributed by atoms with Crippen LogP contribution in [0.4, 0.5) is 0 Å². The Hall–Kier alpha value is -2.08. The molecular formula is C19H27NO5. The van der Waals surface area contributed by atoms with Gasteiger partial charge in [-0.1, -0.05) is 0 Å². The van der Waals surface area contributed by atoms with Gasteiger partial charge in [0.25, 0.3) is 5.91 Å². The number of hydrogen-bond donors (Lipinski definition) is 0. The predicted octanol–water partition coefficient (Wildman–Crippen LogP) is 2.90. The first kappa shape index (κ1) is 19.2. The molecule has 6 nitrogen and oxygen atoms in total. The fourth-order valence-corrected chi connectivity index (χ4v) is 3.27. The molecule has 0 aliphatic carbocycles. The number of benzene rings is 1. The van der Waals surface area contributed by atoms with Gasteiger partial charge in [-0.2, -0.15) is 0 Å². The Morgan fingerprint density at radius 1 is 1.12 bits per heavy atom. The standard InChI is InChI=1S/C19H27NO5/c1-23-10-6-8-16-7-4-5-9-20(16)18(21)14-11-15(19(22)25-3)13-17(12-14)24-2/h11-13,16H,4-10H2,1-3H3/t16-/m0/s1. The van der Waals surface area contributed by atoms with E-state index in [1.165, 1.54) is 14.2 Å². The van der Waals surface area contributed by atoms with E-state index in [0.717, 1.165) is 38.6 Å². The van der Waals surface area contributed by atoms with Gasteiger partial charge in [-0.3, -0.25) is 4.79 Å². The van der Waals surface area contributed by atoms with Gasteiger partial charge in [0.1, 0.15) is 5.75 Å². The summed E-state index contributed by atoms with van der Waals surface area (Å²) in [7, 11) is 4.52. The Kier molecular flexibility index (Phi) is 7.25. The third kappa shape index (κ3) is 4.95. The van der Waals surface area contributed by atoms with E-state index in [4.69, 9.17) is 14.2 Å². The number of nitrogens with zero attached hydrogens (tertiary/aromatic N) is 1. The molecule has 1 aliphatic heterocycles. The first-order valence-corrected chi connectivity index (χ1v) is 8.68. The van der Waals surface area contributed by atoms with Gasteiger partial charge in [-0.15, -0.1) is 0 Å². The molecule has 1 atom stereocenters. The zero-order valence-corrected chi connectivity index (χ0v) is 15.2. The quantitative estimate of drug-likeness (QED) is 0.559. The van der Waals surface area contributed by atoms with Crippen LogP contribution < -0.4 is 4.74 Å². The van der Waals surface area contributed by atoms with Crippen LogP contribution in [-0.2, 0) is 9.47 Å². The highest BCUT2D eigenvalue weighted by Gasteiger charge is 2.28. The molecule has 1 aromatic carbocycles. The first-order chi connectivity index (χ1) is 12.1. The third-order valence-corrected chi connectivity index (χ3v) is 4.58. The molecule has 1 aromatic rings. The smallest absolute Gasteiger partial charge is 0.338 e. The molecule has 138 valence electrons. The number of rotatable bonds is 7. The molecule has 0 unspecified atom stereocenters. The maximum Gasteiger partial charge on any atom is 0.338 e. The topological polar surface area (TPSA) is 65.1 Å². The summed E-state index contributed by atoms with van der Waals surface area (Å²) < 4.78 is 15.1. The summed E-state index contributed by atoms with van der Waals surface area (Å²) in [6, 6.07) is 5.05. The van der Waals surface area contributed by atoms with Gasteiger partial charge in [-0.25, -0.2) is 4.79 Å². The molecule has 1 amide bonds. The van der Waals surface area contributed by atoms with Crippen LogP contribution in [0.3, 0.4) is 0 Å². The first-order valence-electron chi connectivity index (χ1n) is 8.68. The lowest BCUT2D eigenvalue weighted by Crippen LogP contribution is -2.43. The Morgan fingerprint density at radius 2 is 1.88 bits per heavy atom. The van der Waals surface area contributed by atoms with Crippen molar-refractivity contribution in [2.75, 3.05) is 34.5 Å². The number of carbonyl (C=O) groups is 2. The lowest BCUT2D eigenvalue weighted by molar-refractivity contribution is 0.0584. The number of hydrogen-bond acceptors (Lipinski definition) is 5. The van der Waals surface area contributed by atoms with Crippen LogP contribution in [0.25, 0.3) is 0 Å². The molecule has 1 aliphatic rings. The van der Waals surface area contributed by atoms with E-state index >= 15 is 0 Å². The highest BCUT2D eigenvalue weighted by molar-refractivity contribution is 5.98. The average molecular weight is 349 g/mol. The minimum atomic E-state index is -0.483. The molecule has 1 fully saturated rings. The minimum absolute atomic E-state index is 0.0637. The molecule has 0 saturated carbocycles. The zero-order chi connectivity index (χ0) is 18.2. The fourth-order valence-electron chi connectivity index (χ4n) is 3.27. The van der Waals surface area contributed by atoms with Crippen LogP contribution in [-0.4, -0.2) is 57.3 Å². The van der Waals surface area contributed by atoms with Crippen molar-refractivity contribution in [2.24, 2.45) is 0 Å². The van der Waals surface area contributed by atoms with E-state index in [9.17, 15) is 9.59 Å². The molecule has 0 radical (unpaired) electrons. The second-order valence-electron chi connectivity index (χ2n) is 6.22. The number of likely N-dealkylation sites (tertiary alicyclic amines) is 1. The summed E-state index contributed by atoms with van der Waals surface area (Å²) >= 11 is 0. The van der Waals surface area contributed by atoms with Gasteiger partial charge < -0.3 is 19.1 Å². The average Bonchev–Trinajstić information content (AvgIpc) is 2.66. The molecule has 1 saturated heterocycles. The molecule has 0 N–H and O–H groups in total. The van der Waals surface area contributed by atoms with Gasteiger partial charge >= 0.3 is 5.97 Å². The maximum absolute atomic E-state index is 13.1. The van der Waals surface area contributed by atoms with E-state index in [-0.39, 0.29) is 11.9 Å². The number of ether oxygens (including phenoxy) is 3. The summed E-state index contributed by atoms with van der Waals surface area (Å²) in [5, 5.41) is 0. The van der Waals surface area contributed by atoms with E-state index in [2.05, 4.69) is 0 Å². The highest BCUT2D eigenvalue weighted by Crippen LogP contribution is 2.25. The van der Waals surface area contributed by atoms with E-state index in [1.54, 1.807) is 25.3 Å². The van der Waals surface area contributed by atoms with Gasteiger partial charge in [-0.05, 0) is 50.3 Å². The summed E-state index contributed by atoms with van der Waals surface area (Å²) in [4.78, 5) is 26.8. The van der Waals surface area contributed by atoms with Gasteiger partial charge in [0.2, 0.25) is 0 Å². The lowest BCUT2D eigenvalue weighted by Gasteiger charge is -2.36. The van der Waals surface area contributed by atoms with Gasteiger partial charge in [0.05, 0.1) is 19.8 Å². The van der Waals surface area contributed by atoms with Crippen LogP contribution in [0.15, 0.2) is 18.2 Å². The molecule has 0 spiro atoms. The summed E-state index contributed by atoms with van der Waals surface area (Å²) in [5.74, 6) is -0.0754. The van der Waals surface area contributed by atoms with Crippen molar-refractivity contribution in [3.8, 4) is 5.75 Å². The number of methoxy groups -OCH3 is 3. The summed E-state index contributed by atoms with van der Waals surface area (Å²) in [6.45, 7) is 1.44. The monoisotopic (exact) mass is 349 g/mol. The van der Waals surface area contributed by atoms with Crippen molar-refractivity contribution in [1.82, 2.24) is 4.90 Å². The largest absolute Gasteiger partial charge is 0.497 e.